The minimum Gasteiger partial charge on any atom is -0.369 e. The Morgan fingerprint density at radius 1 is 0.667 bits per heavy atom. The predicted octanol–water partition coefficient (Wildman–Crippen LogP) is 6.42. The van der Waals surface area contributed by atoms with E-state index in [9.17, 15) is 8.78 Å². The minimum absolute atomic E-state index is 0.0520. The van der Waals surface area contributed by atoms with Gasteiger partial charge >= 0.3 is 0 Å². The molecule has 1 aromatic heterocycles. The molecule has 1 fully saturated rings. The monoisotopic (exact) mass is 480 g/mol. The van der Waals surface area contributed by atoms with E-state index < -0.39 is 0 Å². The second-order valence-corrected chi connectivity index (χ2v) is 9.18. The van der Waals surface area contributed by atoms with Crippen LogP contribution in [0.5, 0.6) is 0 Å². The summed E-state index contributed by atoms with van der Waals surface area (Å²) in [7, 11) is 0. The van der Waals surface area contributed by atoms with Gasteiger partial charge in [0.25, 0.3) is 0 Å². The first-order chi connectivity index (χ1) is 17.6. The number of anilines is 1. The second kappa shape index (κ2) is 9.55. The van der Waals surface area contributed by atoms with Crippen LogP contribution in [-0.2, 0) is 0 Å². The summed E-state index contributed by atoms with van der Waals surface area (Å²) in [5.41, 5.74) is 6.24. The zero-order valence-corrected chi connectivity index (χ0v) is 19.7. The maximum absolute atomic E-state index is 13.6. The summed E-state index contributed by atoms with van der Waals surface area (Å²) in [6.45, 7) is 3.40. The number of aromatic amines is 1. The normalized spacial score (nSPS) is 14.6. The predicted molar refractivity (Wildman–Crippen MR) is 140 cm³/mol. The summed E-state index contributed by atoms with van der Waals surface area (Å²) in [4.78, 5) is 12.9. The number of H-pyrrole nitrogens is 1. The Balaban J connectivity index is 1.18. The molecule has 5 aromatic rings. The third-order valence-corrected chi connectivity index (χ3v) is 6.95. The van der Waals surface area contributed by atoms with E-state index in [1.54, 1.807) is 0 Å². The molecule has 0 atom stereocenters. The molecular formula is C30H26F2N4. The fourth-order valence-electron chi connectivity index (χ4n) is 5.06. The van der Waals surface area contributed by atoms with Gasteiger partial charge in [0.1, 0.15) is 17.5 Å². The molecule has 1 aliphatic rings. The Morgan fingerprint density at radius 3 is 1.83 bits per heavy atom. The highest BCUT2D eigenvalue weighted by Crippen LogP contribution is 2.31. The second-order valence-electron chi connectivity index (χ2n) is 9.18. The van der Waals surface area contributed by atoms with Crippen molar-refractivity contribution in [3.63, 3.8) is 0 Å². The maximum Gasteiger partial charge on any atom is 0.138 e. The molecule has 1 N–H and O–H groups in total. The lowest BCUT2D eigenvalue weighted by Crippen LogP contribution is -2.48. The van der Waals surface area contributed by atoms with Crippen molar-refractivity contribution in [2.24, 2.45) is 0 Å². The quantitative estimate of drug-likeness (QED) is 0.315. The number of rotatable bonds is 5. The van der Waals surface area contributed by atoms with Gasteiger partial charge in [-0.1, -0.05) is 36.4 Å². The molecule has 180 valence electrons. The zero-order valence-electron chi connectivity index (χ0n) is 19.7. The summed E-state index contributed by atoms with van der Waals surface area (Å²) >= 11 is 0. The first-order valence-corrected chi connectivity index (χ1v) is 12.2. The number of hydrogen-bond acceptors (Lipinski definition) is 3. The van der Waals surface area contributed by atoms with Gasteiger partial charge in [-0.2, -0.15) is 0 Å². The Hall–Kier alpha value is -4.03. The fraction of sp³-hybridized carbons (Fsp3) is 0.167. The molecule has 6 rings (SSSR count). The lowest BCUT2D eigenvalue weighted by Gasteiger charge is -2.40. The highest BCUT2D eigenvalue weighted by atomic mass is 19.1. The number of para-hydroxylation sites is 2. The number of piperazine rings is 1. The number of hydrogen-bond donors (Lipinski definition) is 1. The van der Waals surface area contributed by atoms with Crippen LogP contribution in [0.15, 0.2) is 97.1 Å². The van der Waals surface area contributed by atoms with Gasteiger partial charge in [-0.05, 0) is 71.8 Å². The van der Waals surface area contributed by atoms with Gasteiger partial charge in [0.2, 0.25) is 0 Å². The van der Waals surface area contributed by atoms with Crippen molar-refractivity contribution in [2.45, 2.75) is 6.04 Å². The van der Waals surface area contributed by atoms with Gasteiger partial charge in [0.15, 0.2) is 0 Å². The van der Waals surface area contributed by atoms with Crippen molar-refractivity contribution < 1.29 is 8.78 Å². The number of benzene rings is 4. The van der Waals surface area contributed by atoms with E-state index in [0.29, 0.717) is 0 Å². The zero-order chi connectivity index (χ0) is 24.5. The molecule has 1 saturated heterocycles. The molecule has 0 unspecified atom stereocenters. The summed E-state index contributed by atoms with van der Waals surface area (Å²) in [6, 6.07) is 29.8. The molecule has 0 aliphatic carbocycles. The Morgan fingerprint density at radius 2 is 1.25 bits per heavy atom. The van der Waals surface area contributed by atoms with Crippen molar-refractivity contribution in [1.82, 2.24) is 14.9 Å². The van der Waals surface area contributed by atoms with Gasteiger partial charge in [-0.15, -0.1) is 0 Å². The maximum atomic E-state index is 13.6. The van der Waals surface area contributed by atoms with Crippen molar-refractivity contribution in [3.05, 3.63) is 120 Å². The first-order valence-electron chi connectivity index (χ1n) is 12.2. The molecule has 4 aromatic carbocycles. The highest BCUT2D eigenvalue weighted by molar-refractivity contribution is 5.79. The summed E-state index contributed by atoms with van der Waals surface area (Å²) < 4.78 is 27.2. The Kier molecular flexibility index (Phi) is 5.95. The van der Waals surface area contributed by atoms with Crippen molar-refractivity contribution in [2.75, 3.05) is 31.1 Å². The average molecular weight is 481 g/mol. The fourth-order valence-corrected chi connectivity index (χ4v) is 5.06. The van der Waals surface area contributed by atoms with Crippen LogP contribution < -0.4 is 4.90 Å². The van der Waals surface area contributed by atoms with Gasteiger partial charge in [0.05, 0.1) is 17.1 Å². The van der Waals surface area contributed by atoms with Gasteiger partial charge in [-0.25, -0.2) is 13.8 Å². The van der Waals surface area contributed by atoms with Crippen LogP contribution in [-0.4, -0.2) is 41.0 Å². The summed E-state index contributed by atoms with van der Waals surface area (Å²) in [6.07, 6.45) is 0. The molecule has 0 spiro atoms. The molecule has 2 heterocycles. The third kappa shape index (κ3) is 4.48. The average Bonchev–Trinajstić information content (AvgIpc) is 3.36. The lowest BCUT2D eigenvalue weighted by molar-refractivity contribution is 0.212. The number of nitrogens with zero attached hydrogens (tertiary/aromatic N) is 3. The van der Waals surface area contributed by atoms with E-state index in [0.717, 1.165) is 59.7 Å². The van der Waals surface area contributed by atoms with Crippen LogP contribution in [0.1, 0.15) is 17.2 Å². The summed E-state index contributed by atoms with van der Waals surface area (Å²) in [5.74, 6) is 0.356. The number of imidazole rings is 1. The topological polar surface area (TPSA) is 35.2 Å². The molecular weight excluding hydrogens is 454 g/mol. The van der Waals surface area contributed by atoms with E-state index >= 15 is 0 Å². The molecule has 0 saturated carbocycles. The van der Waals surface area contributed by atoms with Gasteiger partial charge in [-0.3, -0.25) is 4.90 Å². The highest BCUT2D eigenvalue weighted by Gasteiger charge is 2.27. The standard InChI is InChI=1S/C30H26F2N4/c31-24-11-5-21(6-12-24)29(22-7-13-25(32)14-8-22)36-19-17-35(18-20-36)26-15-9-23(10-16-26)30-33-27-3-1-2-4-28(27)34-30/h1-16,29H,17-20H2,(H,33,34). The van der Waals surface area contributed by atoms with E-state index in [2.05, 4.69) is 39.0 Å². The third-order valence-electron chi connectivity index (χ3n) is 6.95. The van der Waals surface area contributed by atoms with Crippen molar-refractivity contribution >= 4 is 16.7 Å². The molecule has 0 radical (unpaired) electrons. The largest absolute Gasteiger partial charge is 0.369 e. The lowest BCUT2D eigenvalue weighted by atomic mass is 9.96. The van der Waals surface area contributed by atoms with Crippen molar-refractivity contribution in [3.8, 4) is 11.4 Å². The number of aromatic nitrogens is 2. The molecule has 36 heavy (non-hydrogen) atoms. The van der Waals surface area contributed by atoms with Crippen LogP contribution in [0.25, 0.3) is 22.4 Å². The number of halogens is 2. The Labute approximate surface area is 208 Å². The van der Waals surface area contributed by atoms with Gasteiger partial charge in [0, 0.05) is 37.4 Å². The van der Waals surface area contributed by atoms with Crippen LogP contribution in [0.2, 0.25) is 0 Å². The Bertz CT molecular complexity index is 1370. The van der Waals surface area contributed by atoms with Crippen LogP contribution in [0, 0.1) is 11.6 Å². The number of nitrogens with one attached hydrogen (secondary N) is 1. The van der Waals surface area contributed by atoms with E-state index in [1.165, 1.54) is 30.0 Å². The van der Waals surface area contributed by atoms with E-state index in [1.807, 2.05) is 48.5 Å². The van der Waals surface area contributed by atoms with Gasteiger partial charge < -0.3 is 9.88 Å². The first kappa shape index (κ1) is 22.4. The van der Waals surface area contributed by atoms with Crippen LogP contribution in [0.4, 0.5) is 14.5 Å². The SMILES string of the molecule is Fc1ccc(C(c2ccc(F)cc2)N2CCN(c3ccc(-c4nc5ccccc5[nH]4)cc3)CC2)cc1. The van der Waals surface area contributed by atoms with Crippen LogP contribution in [0.3, 0.4) is 0 Å². The van der Waals surface area contributed by atoms with E-state index in [4.69, 9.17) is 4.98 Å². The molecule has 0 amide bonds. The molecule has 4 nitrogen and oxygen atoms in total. The smallest absolute Gasteiger partial charge is 0.138 e. The molecule has 6 heteroatoms. The van der Waals surface area contributed by atoms with Crippen LogP contribution >= 0.6 is 0 Å². The summed E-state index contributed by atoms with van der Waals surface area (Å²) in [5, 5.41) is 0. The molecule has 0 bridgehead atoms. The van der Waals surface area contributed by atoms with E-state index in [-0.39, 0.29) is 17.7 Å². The minimum atomic E-state index is -0.257. The van der Waals surface area contributed by atoms with Crippen molar-refractivity contribution in [1.29, 1.82) is 0 Å². The molecule has 1 aliphatic heterocycles. The number of fused-ring (bicyclic) bond motifs is 1.